The van der Waals surface area contributed by atoms with Gasteiger partial charge in [0, 0.05) is 24.8 Å². The summed E-state index contributed by atoms with van der Waals surface area (Å²) in [6.45, 7) is 1.97. The van der Waals surface area contributed by atoms with Crippen molar-refractivity contribution in [3.8, 4) is 5.75 Å². The van der Waals surface area contributed by atoms with E-state index in [1.807, 2.05) is 36.4 Å². The van der Waals surface area contributed by atoms with Crippen molar-refractivity contribution in [3.05, 3.63) is 53.6 Å². The van der Waals surface area contributed by atoms with Gasteiger partial charge < -0.3 is 10.2 Å². The molecule has 0 atom stereocenters. The van der Waals surface area contributed by atoms with Crippen LogP contribution >= 0.6 is 11.6 Å². The van der Waals surface area contributed by atoms with Gasteiger partial charge in [0.2, 0.25) is 0 Å². The lowest BCUT2D eigenvalue weighted by Gasteiger charge is -2.34. The molecule has 1 radical (unpaired) electrons. The molecule has 2 aromatic rings. The number of anilines is 2. The van der Waals surface area contributed by atoms with Gasteiger partial charge in [-0.2, -0.15) is 0 Å². The van der Waals surface area contributed by atoms with Crippen LogP contribution in [0.1, 0.15) is 12.8 Å². The number of nitrogens with one attached hydrogen (secondary N) is 1. The van der Waals surface area contributed by atoms with E-state index in [2.05, 4.69) is 10.2 Å². The van der Waals surface area contributed by atoms with Crippen LogP contribution in [0.2, 0.25) is 5.02 Å². The van der Waals surface area contributed by atoms with Crippen molar-refractivity contribution in [1.82, 2.24) is 0 Å². The van der Waals surface area contributed by atoms with Gasteiger partial charge in [-0.15, -0.1) is 0 Å². The standard InChI is InChI=1S/C17H18ClN2O/c18-16-3-1-2-4-17(16)19-13-9-11-20(12-10-13)14-5-7-15(21)8-6-14/h1-8,13,19H,9-12H2. The first-order valence-corrected chi connectivity index (χ1v) is 7.63. The van der Waals surface area contributed by atoms with Crippen molar-refractivity contribution in [3.63, 3.8) is 0 Å². The van der Waals surface area contributed by atoms with Crippen molar-refractivity contribution in [2.45, 2.75) is 18.9 Å². The minimum absolute atomic E-state index is 0.0639. The lowest BCUT2D eigenvalue weighted by molar-refractivity contribution is 0.355. The van der Waals surface area contributed by atoms with E-state index in [9.17, 15) is 5.11 Å². The minimum atomic E-state index is 0.0639. The Morgan fingerprint density at radius 2 is 1.67 bits per heavy atom. The molecule has 1 N–H and O–H groups in total. The predicted octanol–water partition coefficient (Wildman–Crippen LogP) is 4.56. The largest absolute Gasteiger partial charge is 0.381 e. The Morgan fingerprint density at radius 1 is 1.00 bits per heavy atom. The number of para-hydroxylation sites is 1. The van der Waals surface area contributed by atoms with E-state index >= 15 is 0 Å². The summed E-state index contributed by atoms with van der Waals surface area (Å²) in [6, 6.07) is 15.4. The molecule has 0 amide bonds. The summed E-state index contributed by atoms with van der Waals surface area (Å²) < 4.78 is 0. The summed E-state index contributed by atoms with van der Waals surface area (Å²) in [6.07, 6.45) is 2.12. The van der Waals surface area contributed by atoms with Gasteiger partial charge in [-0.3, -0.25) is 5.11 Å². The molecular formula is C17H18ClN2O. The molecule has 0 unspecified atom stereocenters. The normalized spacial score (nSPS) is 16.0. The Hall–Kier alpha value is -1.87. The van der Waals surface area contributed by atoms with Crippen LogP contribution in [0, 0.1) is 0 Å². The summed E-state index contributed by atoms with van der Waals surface area (Å²) in [5.41, 5.74) is 2.14. The molecule has 109 valence electrons. The zero-order chi connectivity index (χ0) is 14.7. The first-order chi connectivity index (χ1) is 10.2. The van der Waals surface area contributed by atoms with E-state index in [1.54, 1.807) is 12.1 Å². The molecule has 3 rings (SSSR count). The van der Waals surface area contributed by atoms with Crippen molar-refractivity contribution in [2.24, 2.45) is 0 Å². The quantitative estimate of drug-likeness (QED) is 0.901. The molecule has 21 heavy (non-hydrogen) atoms. The molecule has 2 aromatic carbocycles. The first kappa shape index (κ1) is 14.1. The number of benzene rings is 2. The number of halogens is 1. The number of rotatable bonds is 3. The van der Waals surface area contributed by atoms with Gasteiger partial charge in [0.05, 0.1) is 10.7 Å². The average Bonchev–Trinajstić information content (AvgIpc) is 2.51. The molecule has 0 spiro atoms. The average molecular weight is 302 g/mol. The number of piperidine rings is 1. The minimum Gasteiger partial charge on any atom is -0.381 e. The molecule has 1 heterocycles. The first-order valence-electron chi connectivity index (χ1n) is 7.25. The highest BCUT2D eigenvalue weighted by Gasteiger charge is 2.19. The number of nitrogens with zero attached hydrogens (tertiary/aromatic N) is 1. The molecule has 1 aliphatic rings. The van der Waals surface area contributed by atoms with E-state index in [-0.39, 0.29) is 5.75 Å². The van der Waals surface area contributed by atoms with Crippen LogP contribution in [-0.4, -0.2) is 19.1 Å². The van der Waals surface area contributed by atoms with Crippen LogP contribution in [0.5, 0.6) is 5.75 Å². The Morgan fingerprint density at radius 3 is 2.33 bits per heavy atom. The van der Waals surface area contributed by atoms with Gasteiger partial charge in [-0.1, -0.05) is 23.7 Å². The highest BCUT2D eigenvalue weighted by molar-refractivity contribution is 6.33. The van der Waals surface area contributed by atoms with Crippen LogP contribution < -0.4 is 10.2 Å². The van der Waals surface area contributed by atoms with Gasteiger partial charge in [0.25, 0.3) is 0 Å². The molecule has 1 aliphatic heterocycles. The second-order valence-electron chi connectivity index (χ2n) is 5.38. The number of hydrogen-bond acceptors (Lipinski definition) is 2. The van der Waals surface area contributed by atoms with Crippen molar-refractivity contribution in [2.75, 3.05) is 23.3 Å². The molecular weight excluding hydrogens is 284 g/mol. The molecule has 0 aromatic heterocycles. The fourth-order valence-electron chi connectivity index (χ4n) is 2.74. The van der Waals surface area contributed by atoms with Crippen molar-refractivity contribution >= 4 is 23.0 Å². The zero-order valence-corrected chi connectivity index (χ0v) is 12.5. The van der Waals surface area contributed by atoms with Crippen LogP contribution in [0.4, 0.5) is 11.4 Å². The summed E-state index contributed by atoms with van der Waals surface area (Å²) in [4.78, 5) is 2.32. The van der Waals surface area contributed by atoms with E-state index in [4.69, 9.17) is 11.6 Å². The Bertz CT molecular complexity index is 592. The van der Waals surface area contributed by atoms with Gasteiger partial charge >= 0.3 is 0 Å². The Balaban J connectivity index is 1.58. The highest BCUT2D eigenvalue weighted by atomic mass is 35.5. The van der Waals surface area contributed by atoms with E-state index in [0.717, 1.165) is 42.3 Å². The maximum Gasteiger partial charge on any atom is 0.178 e. The van der Waals surface area contributed by atoms with Gasteiger partial charge in [0.15, 0.2) is 5.75 Å². The topological polar surface area (TPSA) is 35.2 Å². The lowest BCUT2D eigenvalue weighted by atomic mass is 10.0. The third kappa shape index (κ3) is 3.42. The monoisotopic (exact) mass is 301 g/mol. The second-order valence-corrected chi connectivity index (χ2v) is 5.79. The van der Waals surface area contributed by atoms with E-state index in [1.165, 1.54) is 0 Å². The fourth-order valence-corrected chi connectivity index (χ4v) is 2.93. The predicted molar refractivity (Wildman–Crippen MR) is 86.9 cm³/mol. The van der Waals surface area contributed by atoms with Gasteiger partial charge in [-0.05, 0) is 49.2 Å². The Kier molecular flexibility index (Phi) is 4.20. The molecule has 0 aliphatic carbocycles. The summed E-state index contributed by atoms with van der Waals surface area (Å²) in [5, 5.41) is 15.4. The van der Waals surface area contributed by atoms with Crippen LogP contribution in [0.3, 0.4) is 0 Å². The van der Waals surface area contributed by atoms with Crippen molar-refractivity contribution < 1.29 is 5.11 Å². The molecule has 1 saturated heterocycles. The van der Waals surface area contributed by atoms with Gasteiger partial charge in [-0.25, -0.2) is 0 Å². The highest BCUT2D eigenvalue weighted by Crippen LogP contribution is 2.26. The third-order valence-corrected chi connectivity index (χ3v) is 4.26. The zero-order valence-electron chi connectivity index (χ0n) is 11.8. The Labute approximate surface area is 130 Å². The van der Waals surface area contributed by atoms with Crippen LogP contribution in [0.25, 0.3) is 0 Å². The number of hydrogen-bond donors (Lipinski definition) is 1. The lowest BCUT2D eigenvalue weighted by Crippen LogP contribution is -2.39. The van der Waals surface area contributed by atoms with Crippen molar-refractivity contribution in [1.29, 1.82) is 0 Å². The molecule has 1 fully saturated rings. The summed E-state index contributed by atoms with van der Waals surface area (Å²) in [5.74, 6) is 0.0639. The van der Waals surface area contributed by atoms with E-state index < -0.39 is 0 Å². The van der Waals surface area contributed by atoms with Crippen LogP contribution in [0.15, 0.2) is 48.5 Å². The summed E-state index contributed by atoms with van der Waals surface area (Å²) in [7, 11) is 0. The van der Waals surface area contributed by atoms with Gasteiger partial charge in [0.1, 0.15) is 0 Å². The molecule has 0 saturated carbocycles. The molecule has 0 bridgehead atoms. The van der Waals surface area contributed by atoms with Crippen LogP contribution in [-0.2, 0) is 5.11 Å². The fraction of sp³-hybridized carbons (Fsp3) is 0.294. The maximum absolute atomic E-state index is 11.2. The maximum atomic E-state index is 11.2. The SMILES string of the molecule is [O]c1ccc(N2CCC(Nc3ccccc3Cl)CC2)cc1. The molecule has 3 nitrogen and oxygen atoms in total. The smallest absolute Gasteiger partial charge is 0.178 e. The second kappa shape index (κ2) is 6.27. The summed E-state index contributed by atoms with van der Waals surface area (Å²) >= 11 is 6.18. The van der Waals surface area contributed by atoms with E-state index in [0.29, 0.717) is 6.04 Å². The third-order valence-electron chi connectivity index (χ3n) is 3.93. The molecule has 4 heteroatoms.